The number of aromatic nitrogens is 1. The predicted octanol–water partition coefficient (Wildman–Crippen LogP) is -2.86. The second kappa shape index (κ2) is 6.95. The number of hydrogen-bond acceptors (Lipinski definition) is 6. The van der Waals surface area contributed by atoms with E-state index in [1.807, 2.05) is 6.07 Å². The van der Waals surface area contributed by atoms with Crippen LogP contribution in [0.3, 0.4) is 0 Å². The SMILES string of the molecule is CC(C)(O)[C@@H]1C(=O)N2C(C(=O)[O-])=C(Sc3cccnc3)C[C@H]12.[K+]. The molecular formula is C15H15KN2O4S. The minimum absolute atomic E-state index is 0. The molecule has 3 rings (SSSR count). The van der Waals surface area contributed by atoms with Crippen LogP contribution in [0.4, 0.5) is 0 Å². The van der Waals surface area contributed by atoms with Crippen molar-refractivity contribution in [3.63, 3.8) is 0 Å². The van der Waals surface area contributed by atoms with Crippen molar-refractivity contribution in [3.8, 4) is 0 Å². The molecule has 1 aromatic rings. The Morgan fingerprint density at radius 3 is 2.74 bits per heavy atom. The Labute approximate surface area is 180 Å². The summed E-state index contributed by atoms with van der Waals surface area (Å²) in [4.78, 5) is 30.3. The number of carbonyl (C=O) groups is 2. The van der Waals surface area contributed by atoms with E-state index >= 15 is 0 Å². The number of nitrogens with zero attached hydrogens (tertiary/aromatic N) is 2. The first-order chi connectivity index (χ1) is 10.3. The summed E-state index contributed by atoms with van der Waals surface area (Å²) < 4.78 is 0. The van der Waals surface area contributed by atoms with Crippen molar-refractivity contribution < 1.29 is 71.2 Å². The summed E-state index contributed by atoms with van der Waals surface area (Å²) in [6.07, 6.45) is 3.67. The number of carbonyl (C=O) groups excluding carboxylic acids is 2. The Hall–Kier alpha value is -0.224. The van der Waals surface area contributed by atoms with E-state index in [9.17, 15) is 19.8 Å². The number of carboxylic acids is 1. The van der Waals surface area contributed by atoms with Crippen LogP contribution in [0.15, 0.2) is 40.0 Å². The monoisotopic (exact) mass is 358 g/mol. The fourth-order valence-corrected chi connectivity index (χ4v) is 4.15. The summed E-state index contributed by atoms with van der Waals surface area (Å²) in [5, 5.41) is 21.5. The minimum Gasteiger partial charge on any atom is -0.543 e. The number of hydrogen-bond donors (Lipinski definition) is 1. The van der Waals surface area contributed by atoms with Crippen molar-refractivity contribution in [1.82, 2.24) is 9.88 Å². The summed E-state index contributed by atoms with van der Waals surface area (Å²) >= 11 is 1.27. The Bertz CT molecular complexity index is 672. The number of aliphatic carboxylic acids is 1. The van der Waals surface area contributed by atoms with Crippen LogP contribution in [-0.4, -0.2) is 38.5 Å². The Morgan fingerprint density at radius 2 is 2.22 bits per heavy atom. The van der Waals surface area contributed by atoms with Gasteiger partial charge in [-0.1, -0.05) is 11.8 Å². The van der Waals surface area contributed by atoms with Gasteiger partial charge in [0.15, 0.2) is 0 Å². The topological polar surface area (TPSA) is 93.6 Å². The molecule has 0 radical (unpaired) electrons. The molecule has 1 amide bonds. The van der Waals surface area contributed by atoms with E-state index in [0.717, 1.165) is 4.90 Å². The molecule has 3 heterocycles. The molecule has 2 aliphatic heterocycles. The number of thioether (sulfide) groups is 1. The molecule has 0 unspecified atom stereocenters. The van der Waals surface area contributed by atoms with Crippen LogP contribution < -0.4 is 56.5 Å². The van der Waals surface area contributed by atoms with Gasteiger partial charge in [-0.3, -0.25) is 9.78 Å². The number of rotatable bonds is 4. The number of pyridine rings is 1. The van der Waals surface area contributed by atoms with Crippen molar-refractivity contribution in [1.29, 1.82) is 0 Å². The zero-order valence-electron chi connectivity index (χ0n) is 13.1. The van der Waals surface area contributed by atoms with E-state index in [2.05, 4.69) is 4.98 Å². The molecule has 0 aliphatic carbocycles. The van der Waals surface area contributed by atoms with Gasteiger partial charge < -0.3 is 19.9 Å². The van der Waals surface area contributed by atoms with Crippen LogP contribution in [0.1, 0.15) is 20.3 Å². The molecular weight excluding hydrogens is 343 g/mol. The predicted molar refractivity (Wildman–Crippen MR) is 77.2 cm³/mol. The molecule has 1 saturated heterocycles. The van der Waals surface area contributed by atoms with Crippen molar-refractivity contribution in [2.75, 3.05) is 0 Å². The third-order valence-corrected chi connectivity index (χ3v) is 5.03. The summed E-state index contributed by atoms with van der Waals surface area (Å²) in [6, 6.07) is 3.26. The Balaban J connectivity index is 0.00000192. The molecule has 2 aliphatic rings. The molecule has 1 fully saturated rings. The minimum atomic E-state index is -1.36. The Morgan fingerprint density at radius 1 is 1.52 bits per heavy atom. The number of carboxylic acid groups (broad SMARTS) is 1. The van der Waals surface area contributed by atoms with Crippen LogP contribution in [-0.2, 0) is 9.59 Å². The van der Waals surface area contributed by atoms with E-state index in [4.69, 9.17) is 0 Å². The first-order valence-corrected chi connectivity index (χ1v) is 7.70. The molecule has 1 N–H and O–H groups in total. The number of β-lactam (4-membered cyclic amide) rings is 1. The molecule has 8 heteroatoms. The second-order valence-electron chi connectivity index (χ2n) is 5.96. The maximum absolute atomic E-state index is 12.2. The average molecular weight is 358 g/mol. The second-order valence-corrected chi connectivity index (χ2v) is 7.13. The van der Waals surface area contributed by atoms with Crippen LogP contribution in [0.5, 0.6) is 0 Å². The standard InChI is InChI=1S/C15H16N2O4S.K/c1-15(2,21)11-9-6-10(22-8-4-3-5-16-7-8)12(14(19)20)17(9)13(11)18;/h3-5,7,9,11,21H,6H2,1-2H3,(H,19,20);/q;+1/p-1/t9-,11+;/m1./s1. The largest absolute Gasteiger partial charge is 1.00 e. The summed E-state index contributed by atoms with van der Waals surface area (Å²) in [7, 11) is 0. The Kier molecular flexibility index (Phi) is 5.77. The van der Waals surface area contributed by atoms with Gasteiger partial charge in [-0.05, 0) is 26.0 Å². The zero-order valence-corrected chi connectivity index (χ0v) is 17.1. The van der Waals surface area contributed by atoms with Gasteiger partial charge in [0, 0.05) is 28.6 Å². The number of aliphatic hydroxyl groups is 1. The fourth-order valence-electron chi connectivity index (χ4n) is 3.08. The molecule has 0 bridgehead atoms. The maximum Gasteiger partial charge on any atom is 1.00 e. The first kappa shape index (κ1) is 19.1. The quantitative estimate of drug-likeness (QED) is 0.460. The van der Waals surface area contributed by atoms with Gasteiger partial charge >= 0.3 is 51.4 Å². The molecule has 23 heavy (non-hydrogen) atoms. The number of amides is 1. The van der Waals surface area contributed by atoms with Crippen LogP contribution in [0.2, 0.25) is 0 Å². The normalized spacial score (nSPS) is 23.3. The van der Waals surface area contributed by atoms with E-state index in [1.165, 1.54) is 16.7 Å². The van der Waals surface area contributed by atoms with Crippen LogP contribution in [0, 0.1) is 5.92 Å². The molecule has 0 saturated carbocycles. The van der Waals surface area contributed by atoms with Gasteiger partial charge in [0.2, 0.25) is 5.91 Å². The first-order valence-electron chi connectivity index (χ1n) is 6.88. The van der Waals surface area contributed by atoms with E-state index in [1.54, 1.807) is 32.3 Å². The van der Waals surface area contributed by atoms with Gasteiger partial charge in [0.25, 0.3) is 0 Å². The van der Waals surface area contributed by atoms with Gasteiger partial charge in [0.1, 0.15) is 0 Å². The van der Waals surface area contributed by atoms with Gasteiger partial charge in [-0.25, -0.2) is 0 Å². The van der Waals surface area contributed by atoms with E-state index in [-0.39, 0.29) is 69.0 Å². The molecule has 6 nitrogen and oxygen atoms in total. The molecule has 116 valence electrons. The van der Waals surface area contributed by atoms with E-state index < -0.39 is 17.5 Å². The van der Waals surface area contributed by atoms with Crippen molar-refractivity contribution >= 4 is 23.6 Å². The average Bonchev–Trinajstić information content (AvgIpc) is 2.72. The maximum atomic E-state index is 12.2. The summed E-state index contributed by atoms with van der Waals surface area (Å²) in [5.74, 6) is -2.32. The molecule has 1 aromatic heterocycles. The van der Waals surface area contributed by atoms with Gasteiger partial charge in [-0.2, -0.15) is 0 Å². The van der Waals surface area contributed by atoms with Crippen LogP contribution >= 0.6 is 11.8 Å². The van der Waals surface area contributed by atoms with Crippen molar-refractivity contribution in [2.45, 2.75) is 36.8 Å². The fraction of sp³-hybridized carbons (Fsp3) is 0.400. The zero-order chi connectivity index (χ0) is 16.1. The third-order valence-electron chi connectivity index (χ3n) is 3.95. The molecule has 2 atom stereocenters. The van der Waals surface area contributed by atoms with Gasteiger partial charge in [-0.15, -0.1) is 0 Å². The third kappa shape index (κ3) is 3.44. The number of fused-ring (bicyclic) bond motifs is 1. The molecule has 0 aromatic carbocycles. The van der Waals surface area contributed by atoms with Crippen LogP contribution in [0.25, 0.3) is 0 Å². The van der Waals surface area contributed by atoms with Crippen molar-refractivity contribution in [2.24, 2.45) is 5.92 Å². The van der Waals surface area contributed by atoms with E-state index in [0.29, 0.717) is 11.3 Å². The molecule has 0 spiro atoms. The summed E-state index contributed by atoms with van der Waals surface area (Å²) in [6.45, 7) is 3.13. The van der Waals surface area contributed by atoms with Gasteiger partial charge in [0.05, 0.1) is 29.2 Å². The smallest absolute Gasteiger partial charge is 0.543 e. The summed E-state index contributed by atoms with van der Waals surface area (Å²) in [5.41, 5.74) is -1.26. The van der Waals surface area contributed by atoms with Crippen molar-refractivity contribution in [3.05, 3.63) is 35.1 Å².